The normalized spacial score (nSPS) is 26.7. The quantitative estimate of drug-likeness (QED) is 0.613. The second kappa shape index (κ2) is 6.54. The van der Waals surface area contributed by atoms with E-state index in [0.29, 0.717) is 48.9 Å². The Balaban J connectivity index is 1.86. The van der Waals surface area contributed by atoms with Crippen molar-refractivity contribution in [2.75, 3.05) is 13.1 Å². The van der Waals surface area contributed by atoms with Gasteiger partial charge in [0.25, 0.3) is 0 Å². The maximum absolute atomic E-state index is 8.68. The van der Waals surface area contributed by atoms with Gasteiger partial charge in [-0.1, -0.05) is 12.2 Å². The Morgan fingerprint density at radius 1 is 1.21 bits per heavy atom. The van der Waals surface area contributed by atoms with Gasteiger partial charge in [0.2, 0.25) is 0 Å². The van der Waals surface area contributed by atoms with Gasteiger partial charge in [0, 0.05) is 19.1 Å². The molecule has 5 heteroatoms. The first kappa shape index (κ1) is 13.8. The molecule has 100 valence electrons. The SMILES string of the molecule is N#CCCN(CCC#N)C(=S)N[C@@H]1C[C@@H]2C=C[C@@H]1C2. The van der Waals surface area contributed by atoms with Gasteiger partial charge in [0.05, 0.1) is 25.0 Å². The minimum Gasteiger partial charge on any atom is -0.359 e. The van der Waals surface area contributed by atoms with Gasteiger partial charge in [-0.15, -0.1) is 0 Å². The molecule has 1 saturated carbocycles. The van der Waals surface area contributed by atoms with Crippen molar-refractivity contribution in [2.24, 2.45) is 11.8 Å². The highest BCUT2D eigenvalue weighted by Gasteiger charge is 2.36. The van der Waals surface area contributed by atoms with Gasteiger partial charge in [0.1, 0.15) is 0 Å². The molecule has 0 aromatic heterocycles. The molecule has 3 atom stereocenters. The molecule has 0 aliphatic heterocycles. The summed E-state index contributed by atoms with van der Waals surface area (Å²) in [6, 6.07) is 4.68. The maximum Gasteiger partial charge on any atom is 0.169 e. The van der Waals surface area contributed by atoms with Crippen LogP contribution in [-0.2, 0) is 0 Å². The maximum atomic E-state index is 8.68. The molecule has 0 aromatic carbocycles. The van der Waals surface area contributed by atoms with Crippen LogP contribution in [0.4, 0.5) is 0 Å². The van der Waals surface area contributed by atoms with Crippen molar-refractivity contribution in [3.05, 3.63) is 12.2 Å². The van der Waals surface area contributed by atoms with Gasteiger partial charge in [0.15, 0.2) is 5.11 Å². The van der Waals surface area contributed by atoms with Crippen LogP contribution in [0.3, 0.4) is 0 Å². The van der Waals surface area contributed by atoms with E-state index in [-0.39, 0.29) is 0 Å². The summed E-state index contributed by atoms with van der Waals surface area (Å²) in [6.07, 6.45) is 7.83. The van der Waals surface area contributed by atoms with Crippen molar-refractivity contribution in [1.82, 2.24) is 10.2 Å². The highest BCUT2D eigenvalue weighted by Crippen LogP contribution is 2.38. The van der Waals surface area contributed by atoms with E-state index >= 15 is 0 Å². The number of hydrogen-bond acceptors (Lipinski definition) is 3. The van der Waals surface area contributed by atoms with E-state index in [0.717, 1.165) is 6.42 Å². The lowest BCUT2D eigenvalue weighted by molar-refractivity contribution is 0.408. The van der Waals surface area contributed by atoms with Crippen molar-refractivity contribution >= 4 is 17.3 Å². The van der Waals surface area contributed by atoms with Crippen molar-refractivity contribution < 1.29 is 0 Å². The Kier molecular flexibility index (Phi) is 4.76. The summed E-state index contributed by atoms with van der Waals surface area (Å²) in [5, 5.41) is 21.5. The topological polar surface area (TPSA) is 62.9 Å². The monoisotopic (exact) mass is 274 g/mol. The first-order chi connectivity index (χ1) is 9.24. The standard InChI is InChI=1S/C14H18N4S/c15-5-1-7-18(8-2-6-16)14(19)17-13-10-11-3-4-12(13)9-11/h3-4,11-13H,1-2,7-10H2,(H,17,19)/t11-,12-,13-/m1/s1. The van der Waals surface area contributed by atoms with Gasteiger partial charge in [-0.3, -0.25) is 0 Å². The van der Waals surface area contributed by atoms with Crippen LogP contribution in [0.25, 0.3) is 0 Å². The predicted molar refractivity (Wildman–Crippen MR) is 76.9 cm³/mol. The lowest BCUT2D eigenvalue weighted by Crippen LogP contribution is -2.46. The molecule has 0 amide bonds. The van der Waals surface area contributed by atoms with Gasteiger partial charge in [-0.25, -0.2) is 0 Å². The third-order valence-electron chi connectivity index (χ3n) is 3.86. The van der Waals surface area contributed by atoms with Gasteiger partial charge in [-0.05, 0) is 36.9 Å². The molecule has 4 nitrogen and oxygen atoms in total. The summed E-state index contributed by atoms with van der Waals surface area (Å²) < 4.78 is 0. The van der Waals surface area contributed by atoms with Crippen LogP contribution >= 0.6 is 12.2 Å². The summed E-state index contributed by atoms with van der Waals surface area (Å²) in [5.74, 6) is 1.30. The van der Waals surface area contributed by atoms with Gasteiger partial charge in [-0.2, -0.15) is 10.5 Å². The van der Waals surface area contributed by atoms with Crippen molar-refractivity contribution in [1.29, 1.82) is 10.5 Å². The van der Waals surface area contributed by atoms with E-state index in [9.17, 15) is 0 Å². The lowest BCUT2D eigenvalue weighted by atomic mass is 10.0. The second-order valence-corrected chi connectivity index (χ2v) is 5.53. The molecule has 2 aliphatic rings. The fourth-order valence-electron chi connectivity index (χ4n) is 2.88. The number of hydrogen-bond donors (Lipinski definition) is 1. The summed E-state index contributed by atoms with van der Waals surface area (Å²) in [6.45, 7) is 1.20. The second-order valence-electron chi connectivity index (χ2n) is 5.14. The Hall–Kier alpha value is -1.59. The van der Waals surface area contributed by atoms with Crippen molar-refractivity contribution in [3.63, 3.8) is 0 Å². The summed E-state index contributed by atoms with van der Waals surface area (Å²) >= 11 is 5.43. The minimum absolute atomic E-state index is 0.425. The Labute approximate surface area is 119 Å². The number of thiocarbonyl (C=S) groups is 1. The molecule has 0 aromatic rings. The number of nitrogens with one attached hydrogen (secondary N) is 1. The summed E-state index contributed by atoms with van der Waals surface area (Å²) in [7, 11) is 0. The van der Waals surface area contributed by atoms with E-state index < -0.39 is 0 Å². The van der Waals surface area contributed by atoms with Crippen molar-refractivity contribution in [3.8, 4) is 12.1 Å². The smallest absolute Gasteiger partial charge is 0.169 e. The highest BCUT2D eigenvalue weighted by atomic mass is 32.1. The molecule has 1 N–H and O–H groups in total. The van der Waals surface area contributed by atoms with E-state index in [2.05, 4.69) is 29.6 Å². The largest absolute Gasteiger partial charge is 0.359 e. The summed E-state index contributed by atoms with van der Waals surface area (Å²) in [4.78, 5) is 1.94. The van der Waals surface area contributed by atoms with Crippen molar-refractivity contribution in [2.45, 2.75) is 31.7 Å². The van der Waals surface area contributed by atoms with Crippen LogP contribution in [0, 0.1) is 34.5 Å². The van der Waals surface area contributed by atoms with Crippen LogP contribution in [0.5, 0.6) is 0 Å². The average molecular weight is 274 g/mol. The zero-order valence-corrected chi connectivity index (χ0v) is 11.7. The Bertz CT molecular complexity index is 427. The molecular formula is C14H18N4S. The lowest BCUT2D eigenvalue weighted by Gasteiger charge is -2.29. The third kappa shape index (κ3) is 3.45. The molecule has 0 saturated heterocycles. The fraction of sp³-hybridized carbons (Fsp3) is 0.643. The van der Waals surface area contributed by atoms with E-state index in [1.54, 1.807) is 0 Å². The molecule has 2 rings (SSSR count). The molecular weight excluding hydrogens is 256 g/mol. The Morgan fingerprint density at radius 2 is 1.89 bits per heavy atom. The minimum atomic E-state index is 0.425. The Morgan fingerprint density at radius 3 is 2.37 bits per heavy atom. The molecule has 0 heterocycles. The molecule has 0 unspecified atom stereocenters. The van der Waals surface area contributed by atoms with Crippen LogP contribution in [0.15, 0.2) is 12.2 Å². The van der Waals surface area contributed by atoms with Gasteiger partial charge < -0.3 is 10.2 Å². The third-order valence-corrected chi connectivity index (χ3v) is 4.24. The molecule has 2 bridgehead atoms. The molecule has 1 fully saturated rings. The zero-order chi connectivity index (χ0) is 13.7. The van der Waals surface area contributed by atoms with Crippen LogP contribution < -0.4 is 5.32 Å². The number of fused-ring (bicyclic) bond motifs is 2. The van der Waals surface area contributed by atoms with Crippen LogP contribution in [-0.4, -0.2) is 29.1 Å². The van der Waals surface area contributed by atoms with Gasteiger partial charge >= 0.3 is 0 Å². The fourth-order valence-corrected chi connectivity index (χ4v) is 3.22. The number of nitriles is 2. The first-order valence-corrected chi connectivity index (χ1v) is 7.13. The molecule has 0 radical (unpaired) electrons. The zero-order valence-electron chi connectivity index (χ0n) is 10.9. The highest BCUT2D eigenvalue weighted by molar-refractivity contribution is 7.80. The van der Waals surface area contributed by atoms with E-state index in [1.165, 1.54) is 6.42 Å². The van der Waals surface area contributed by atoms with Crippen LogP contribution in [0.1, 0.15) is 25.7 Å². The predicted octanol–water partition coefficient (Wildman–Crippen LogP) is 1.95. The summed E-state index contributed by atoms with van der Waals surface area (Å²) in [5.41, 5.74) is 0. The molecule has 2 aliphatic carbocycles. The number of rotatable bonds is 5. The number of nitrogens with zero attached hydrogens (tertiary/aromatic N) is 3. The first-order valence-electron chi connectivity index (χ1n) is 6.72. The average Bonchev–Trinajstić information content (AvgIpc) is 3.01. The number of allylic oxidation sites excluding steroid dienone is 1. The van der Waals surface area contributed by atoms with Crippen LogP contribution in [0.2, 0.25) is 0 Å². The van der Waals surface area contributed by atoms with E-state index in [4.69, 9.17) is 22.7 Å². The molecule has 0 spiro atoms. The van der Waals surface area contributed by atoms with E-state index in [1.807, 2.05) is 4.90 Å². The molecule has 19 heavy (non-hydrogen) atoms.